The van der Waals surface area contributed by atoms with Crippen molar-refractivity contribution in [3.63, 3.8) is 0 Å². The summed E-state index contributed by atoms with van der Waals surface area (Å²) in [5, 5.41) is 22.7. The number of rotatable bonds is 5. The molecule has 7 heteroatoms. The van der Waals surface area contributed by atoms with Gasteiger partial charge in [-0.1, -0.05) is 60.7 Å². The maximum atomic E-state index is 11.6. The molecule has 0 aromatic heterocycles. The third kappa shape index (κ3) is 2.76. The highest BCUT2D eigenvalue weighted by molar-refractivity contribution is 5.58. The molecule has 0 aliphatic heterocycles. The minimum absolute atomic E-state index is 0.0579. The van der Waals surface area contributed by atoms with E-state index in [1.54, 1.807) is 0 Å². The molecule has 35 heavy (non-hydrogen) atoms. The van der Waals surface area contributed by atoms with Gasteiger partial charge in [0.1, 0.15) is 0 Å². The van der Waals surface area contributed by atoms with Crippen LogP contribution in [0.1, 0.15) is 39.7 Å². The average Bonchev–Trinajstić information content (AvgIpc) is 3.43. The predicted octanol–water partition coefficient (Wildman–Crippen LogP) is 5.73. The van der Waals surface area contributed by atoms with Crippen LogP contribution in [-0.4, -0.2) is 16.0 Å². The van der Waals surface area contributed by atoms with Crippen LogP contribution in [0.15, 0.2) is 78.9 Å². The lowest BCUT2D eigenvalue weighted by atomic mass is 9.52. The first kappa shape index (κ1) is 20.5. The summed E-state index contributed by atoms with van der Waals surface area (Å²) in [6.45, 7) is 0.0579. The van der Waals surface area contributed by atoms with Gasteiger partial charge in [-0.25, -0.2) is 0 Å². The van der Waals surface area contributed by atoms with Crippen molar-refractivity contribution in [1.29, 1.82) is 0 Å². The van der Waals surface area contributed by atoms with Gasteiger partial charge in [0.15, 0.2) is 0 Å². The smallest absolute Gasteiger partial charge is 0.281 e. The summed E-state index contributed by atoms with van der Waals surface area (Å²) in [6.07, 6.45) is 4.51. The quantitative estimate of drug-likeness (QED) is 0.272. The van der Waals surface area contributed by atoms with E-state index in [1.807, 2.05) is 0 Å². The Labute approximate surface area is 201 Å². The van der Waals surface area contributed by atoms with E-state index in [9.17, 15) is 20.2 Å². The Kier molecular flexibility index (Phi) is 4.30. The molecule has 3 aromatic rings. The number of hydrogen-bond acceptors (Lipinski definition) is 5. The topological polar surface area (TPSA) is 95.5 Å². The van der Waals surface area contributed by atoms with Crippen LogP contribution >= 0.6 is 0 Å². The number of ether oxygens (including phenoxy) is 1. The first-order valence-corrected chi connectivity index (χ1v) is 11.9. The van der Waals surface area contributed by atoms with E-state index in [4.69, 9.17) is 4.74 Å². The van der Waals surface area contributed by atoms with Crippen LogP contribution in [-0.2, 0) is 11.3 Å². The molecule has 0 N–H and O–H groups in total. The molecule has 4 bridgehead atoms. The van der Waals surface area contributed by atoms with Crippen molar-refractivity contribution in [3.8, 4) is 0 Å². The van der Waals surface area contributed by atoms with Crippen LogP contribution in [0, 0.1) is 43.9 Å². The molecule has 4 atom stereocenters. The molecule has 1 fully saturated rings. The van der Waals surface area contributed by atoms with Crippen LogP contribution in [0.5, 0.6) is 0 Å². The van der Waals surface area contributed by atoms with Gasteiger partial charge in [0, 0.05) is 29.7 Å². The Morgan fingerprint density at radius 2 is 1.23 bits per heavy atom. The van der Waals surface area contributed by atoms with E-state index in [0.29, 0.717) is 29.2 Å². The van der Waals surface area contributed by atoms with Crippen LogP contribution in [0.4, 0.5) is 11.4 Å². The molecule has 174 valence electrons. The minimum Gasteiger partial charge on any atom is -0.372 e. The summed E-state index contributed by atoms with van der Waals surface area (Å²) >= 11 is 0. The average molecular weight is 466 g/mol. The molecular weight excluding hydrogens is 444 g/mol. The fourth-order valence-corrected chi connectivity index (χ4v) is 7.51. The Morgan fingerprint density at radius 3 is 1.69 bits per heavy atom. The van der Waals surface area contributed by atoms with Crippen molar-refractivity contribution < 1.29 is 14.6 Å². The molecule has 0 amide bonds. The summed E-state index contributed by atoms with van der Waals surface area (Å²) in [6, 6.07) is 21.4. The fourth-order valence-electron chi connectivity index (χ4n) is 7.51. The highest BCUT2D eigenvalue weighted by atomic mass is 16.6. The van der Waals surface area contributed by atoms with Crippen molar-refractivity contribution in [3.05, 3.63) is 127 Å². The third-order valence-electron chi connectivity index (χ3n) is 8.66. The molecule has 7 nitrogen and oxygen atoms in total. The molecule has 0 radical (unpaired) electrons. The van der Waals surface area contributed by atoms with Crippen LogP contribution in [0.25, 0.3) is 0 Å². The summed E-state index contributed by atoms with van der Waals surface area (Å²) in [7, 11) is 0. The van der Waals surface area contributed by atoms with Crippen molar-refractivity contribution >= 4 is 11.4 Å². The van der Waals surface area contributed by atoms with Gasteiger partial charge < -0.3 is 4.74 Å². The van der Waals surface area contributed by atoms with Gasteiger partial charge in [0.05, 0.1) is 34.2 Å². The standard InChI is InChI=1S/C28H22N2O5/c31-29(32)16-10-9-15(23(13-16)30(33)34)14-35-28-21-11-12-22(28)27-25-18-6-2-1-5-17(18)24(26(21)27)19-7-3-4-8-20(19)25/h1-13,21-22,24-28H,14H2. The monoisotopic (exact) mass is 466 g/mol. The SMILES string of the molecule is O=[N+]([O-])c1ccc(COC2C3C=CC2C2C4c5ccccc5C(c5ccccc54)C32)c([N+](=O)[O-])c1. The van der Waals surface area contributed by atoms with Crippen molar-refractivity contribution in [2.75, 3.05) is 0 Å². The van der Waals surface area contributed by atoms with Crippen LogP contribution in [0.2, 0.25) is 0 Å². The molecule has 0 saturated heterocycles. The lowest BCUT2D eigenvalue weighted by Crippen LogP contribution is -2.41. The summed E-state index contributed by atoms with van der Waals surface area (Å²) in [5.41, 5.74) is 5.48. The van der Waals surface area contributed by atoms with Gasteiger partial charge >= 0.3 is 0 Å². The molecule has 0 spiro atoms. The van der Waals surface area contributed by atoms with Gasteiger partial charge in [0.2, 0.25) is 0 Å². The highest BCUT2D eigenvalue weighted by Crippen LogP contribution is 2.68. The van der Waals surface area contributed by atoms with Crippen LogP contribution < -0.4 is 0 Å². The van der Waals surface area contributed by atoms with E-state index in [-0.39, 0.29) is 35.9 Å². The first-order chi connectivity index (χ1) is 17.0. The predicted molar refractivity (Wildman–Crippen MR) is 128 cm³/mol. The van der Waals surface area contributed by atoms with E-state index in [1.165, 1.54) is 34.4 Å². The van der Waals surface area contributed by atoms with Gasteiger partial charge in [0.25, 0.3) is 11.4 Å². The van der Waals surface area contributed by atoms with Crippen LogP contribution in [0.3, 0.4) is 0 Å². The zero-order chi connectivity index (χ0) is 23.8. The zero-order valence-corrected chi connectivity index (χ0v) is 18.7. The minimum atomic E-state index is -0.617. The summed E-state index contributed by atoms with van der Waals surface area (Å²) in [4.78, 5) is 21.5. The Hall–Kier alpha value is -3.84. The van der Waals surface area contributed by atoms with Crippen molar-refractivity contribution in [2.45, 2.75) is 24.5 Å². The number of hydrogen-bond donors (Lipinski definition) is 0. The second kappa shape index (κ2) is 7.33. The molecular formula is C28H22N2O5. The zero-order valence-electron chi connectivity index (χ0n) is 18.7. The summed E-state index contributed by atoms with van der Waals surface area (Å²) in [5.74, 6) is 1.95. The first-order valence-electron chi connectivity index (χ1n) is 11.9. The molecule has 8 rings (SSSR count). The highest BCUT2D eigenvalue weighted by Gasteiger charge is 2.62. The summed E-state index contributed by atoms with van der Waals surface area (Å²) < 4.78 is 6.44. The van der Waals surface area contributed by atoms with E-state index >= 15 is 0 Å². The Morgan fingerprint density at radius 1 is 0.714 bits per heavy atom. The maximum Gasteiger partial charge on any atom is 0.281 e. The number of nitrogens with zero attached hydrogens (tertiary/aromatic N) is 2. The molecule has 3 aromatic carbocycles. The maximum absolute atomic E-state index is 11.6. The molecule has 5 aliphatic rings. The van der Waals surface area contributed by atoms with E-state index in [2.05, 4.69) is 60.7 Å². The van der Waals surface area contributed by atoms with Crippen molar-refractivity contribution in [2.24, 2.45) is 23.7 Å². The van der Waals surface area contributed by atoms with Gasteiger partial charge in [-0.2, -0.15) is 0 Å². The molecule has 0 heterocycles. The van der Waals surface area contributed by atoms with E-state index < -0.39 is 9.85 Å². The third-order valence-corrected chi connectivity index (χ3v) is 8.66. The van der Waals surface area contributed by atoms with Gasteiger partial charge in [-0.05, 0) is 40.2 Å². The number of benzene rings is 3. The number of nitro groups is 2. The molecule has 1 saturated carbocycles. The molecule has 5 aliphatic carbocycles. The van der Waals surface area contributed by atoms with Crippen molar-refractivity contribution in [1.82, 2.24) is 0 Å². The number of non-ortho nitro benzene ring substituents is 1. The number of fused-ring (bicyclic) bond motifs is 2. The lowest BCUT2D eigenvalue weighted by Gasteiger charge is -2.51. The van der Waals surface area contributed by atoms with Gasteiger partial charge in [-0.3, -0.25) is 20.2 Å². The van der Waals surface area contributed by atoms with Gasteiger partial charge in [-0.15, -0.1) is 0 Å². The Balaban J connectivity index is 1.23. The Bertz CT molecular complexity index is 1320. The number of nitro benzene ring substituents is 2. The largest absolute Gasteiger partial charge is 0.372 e. The molecule has 4 unspecified atom stereocenters. The van der Waals surface area contributed by atoms with E-state index in [0.717, 1.165) is 6.07 Å². The normalized spacial score (nSPS) is 30.6. The fraction of sp³-hybridized carbons (Fsp3) is 0.286. The second-order valence-corrected chi connectivity index (χ2v) is 10.0. The second-order valence-electron chi connectivity index (χ2n) is 10.0. The lowest BCUT2D eigenvalue weighted by molar-refractivity contribution is -0.394.